The molecule has 10 nitrogen and oxygen atoms in total. The van der Waals surface area contributed by atoms with Gasteiger partial charge >= 0.3 is 0 Å². The molecule has 0 fully saturated rings. The molecule has 0 aliphatic heterocycles. The van der Waals surface area contributed by atoms with Crippen LogP contribution in [0.15, 0.2) is 44.9 Å². The summed E-state index contributed by atoms with van der Waals surface area (Å²) in [6.45, 7) is 1.75. The lowest BCUT2D eigenvalue weighted by Gasteiger charge is -2.02. The van der Waals surface area contributed by atoms with Gasteiger partial charge in [-0.3, -0.25) is 0 Å². The second-order valence-corrected chi connectivity index (χ2v) is 5.40. The molecule has 0 atom stereocenters. The summed E-state index contributed by atoms with van der Waals surface area (Å²) in [5, 5.41) is 39.8. The summed E-state index contributed by atoms with van der Waals surface area (Å²) >= 11 is 1.11. The predicted octanol–water partition coefficient (Wildman–Crippen LogP) is 3.82. The van der Waals surface area contributed by atoms with E-state index in [0.717, 1.165) is 11.5 Å². The van der Waals surface area contributed by atoms with Crippen LogP contribution in [-0.2, 0) is 7.05 Å². The summed E-state index contributed by atoms with van der Waals surface area (Å²) in [4.78, 5) is 4.05. The predicted molar refractivity (Wildman–Crippen MR) is 86.0 cm³/mol. The van der Waals surface area contributed by atoms with E-state index in [1.165, 1.54) is 16.8 Å². The van der Waals surface area contributed by atoms with Crippen molar-refractivity contribution in [2.24, 2.45) is 27.5 Å². The summed E-state index contributed by atoms with van der Waals surface area (Å²) in [5.41, 5.74) is 0.343. The fraction of sp³-hybridized carbons (Fsp3) is 0.154. The number of rotatable bonds is 4. The van der Waals surface area contributed by atoms with Crippen molar-refractivity contribution >= 4 is 33.9 Å². The van der Waals surface area contributed by atoms with Crippen LogP contribution in [0.25, 0.3) is 0 Å². The second kappa shape index (κ2) is 6.50. The Kier molecular flexibility index (Phi) is 4.24. The largest absolute Gasteiger partial charge is 0.504 e. The molecule has 122 valence electrons. The number of nitrogens with zero attached hydrogens (tertiary/aromatic N) is 8. The lowest BCUT2D eigenvalue weighted by Crippen LogP contribution is -1.86. The Morgan fingerprint density at radius 1 is 1.12 bits per heavy atom. The number of benzene rings is 1. The van der Waals surface area contributed by atoms with Crippen LogP contribution in [0.5, 0.6) is 11.5 Å². The Morgan fingerprint density at radius 2 is 1.96 bits per heavy atom. The number of aromatic hydroxyl groups is 2. The number of phenolic OH excluding ortho intramolecular Hbond substituents is 2. The highest BCUT2D eigenvalue weighted by Gasteiger charge is 2.10. The number of phenols is 2. The van der Waals surface area contributed by atoms with E-state index >= 15 is 0 Å². The van der Waals surface area contributed by atoms with E-state index in [1.54, 1.807) is 26.2 Å². The maximum absolute atomic E-state index is 9.89. The van der Waals surface area contributed by atoms with Gasteiger partial charge in [-0.25, -0.2) is 9.67 Å². The molecule has 0 saturated carbocycles. The molecular weight excluding hydrogens is 332 g/mol. The van der Waals surface area contributed by atoms with Gasteiger partial charge in [-0.1, -0.05) is 0 Å². The zero-order valence-corrected chi connectivity index (χ0v) is 13.5. The number of hydrogen-bond acceptors (Lipinski definition) is 10. The van der Waals surface area contributed by atoms with E-state index in [9.17, 15) is 10.2 Å². The summed E-state index contributed by atoms with van der Waals surface area (Å²) in [7, 11) is 1.71. The highest BCUT2D eigenvalue weighted by molar-refractivity contribution is 7.09. The zero-order valence-electron chi connectivity index (χ0n) is 12.7. The molecule has 0 amide bonds. The van der Waals surface area contributed by atoms with E-state index in [0.29, 0.717) is 16.8 Å². The van der Waals surface area contributed by atoms with Gasteiger partial charge in [0.15, 0.2) is 17.3 Å². The van der Waals surface area contributed by atoms with E-state index < -0.39 is 5.75 Å². The molecule has 0 spiro atoms. The lowest BCUT2D eigenvalue weighted by molar-refractivity contribution is 0.405. The fourth-order valence-electron chi connectivity index (χ4n) is 1.72. The first kappa shape index (κ1) is 15.7. The van der Waals surface area contributed by atoms with E-state index in [2.05, 4.69) is 34.9 Å². The number of azo groups is 2. The third-order valence-corrected chi connectivity index (χ3v) is 3.57. The van der Waals surface area contributed by atoms with Gasteiger partial charge in [0.25, 0.3) is 0 Å². The maximum atomic E-state index is 9.89. The van der Waals surface area contributed by atoms with E-state index in [1.807, 2.05) is 0 Å². The van der Waals surface area contributed by atoms with Crippen molar-refractivity contribution < 1.29 is 10.2 Å². The van der Waals surface area contributed by atoms with Crippen LogP contribution >= 0.6 is 11.5 Å². The smallest absolute Gasteiger partial charge is 0.249 e. The van der Waals surface area contributed by atoms with Crippen molar-refractivity contribution in [1.82, 2.24) is 19.1 Å². The van der Waals surface area contributed by atoms with E-state index in [4.69, 9.17) is 0 Å². The highest BCUT2D eigenvalue weighted by Crippen LogP contribution is 2.40. The normalized spacial score (nSPS) is 11.8. The van der Waals surface area contributed by atoms with Crippen molar-refractivity contribution in [2.45, 2.75) is 6.92 Å². The first-order valence-electron chi connectivity index (χ1n) is 6.70. The number of hydrogen-bond donors (Lipinski definition) is 2. The molecule has 11 heteroatoms. The van der Waals surface area contributed by atoms with Crippen LogP contribution in [0.4, 0.5) is 22.3 Å². The Labute approximate surface area is 140 Å². The summed E-state index contributed by atoms with van der Waals surface area (Å²) < 4.78 is 5.51. The van der Waals surface area contributed by atoms with Crippen molar-refractivity contribution in [3.8, 4) is 11.5 Å². The van der Waals surface area contributed by atoms with E-state index in [-0.39, 0.29) is 17.1 Å². The van der Waals surface area contributed by atoms with Crippen molar-refractivity contribution in [2.75, 3.05) is 0 Å². The van der Waals surface area contributed by atoms with Crippen LogP contribution in [0, 0.1) is 6.92 Å². The molecule has 2 heterocycles. The van der Waals surface area contributed by atoms with Crippen LogP contribution < -0.4 is 0 Å². The summed E-state index contributed by atoms with van der Waals surface area (Å²) in [5.74, 6) is 0.323. The molecule has 0 unspecified atom stereocenters. The van der Waals surface area contributed by atoms with Crippen LogP contribution in [0.2, 0.25) is 0 Å². The molecule has 0 radical (unpaired) electrons. The maximum Gasteiger partial charge on any atom is 0.249 e. The lowest BCUT2D eigenvalue weighted by atomic mass is 10.2. The molecule has 0 saturated heterocycles. The first-order valence-corrected chi connectivity index (χ1v) is 7.48. The Hall–Kier alpha value is -3.21. The molecule has 3 aromatic rings. The minimum Gasteiger partial charge on any atom is -0.504 e. The number of aryl methyl sites for hydroxylation is 2. The molecular formula is C13H12N8O2S. The van der Waals surface area contributed by atoms with Gasteiger partial charge in [-0.2, -0.15) is 9.47 Å². The Morgan fingerprint density at radius 3 is 2.62 bits per heavy atom. The molecule has 0 aliphatic rings. The fourth-order valence-corrected chi connectivity index (χ4v) is 2.23. The third-order valence-electron chi connectivity index (χ3n) is 2.88. The SMILES string of the molecule is Cc1nsc(/N=N/c2cc(O)c(O)c(/N=N/c3ccnn3C)c2)n1. The molecule has 0 bridgehead atoms. The minimum atomic E-state index is -0.397. The summed E-state index contributed by atoms with van der Waals surface area (Å²) in [6.07, 6.45) is 1.57. The Bertz CT molecular complexity index is 930. The van der Waals surface area contributed by atoms with Gasteiger partial charge in [-0.15, -0.1) is 20.5 Å². The quantitative estimate of drug-likeness (QED) is 0.548. The van der Waals surface area contributed by atoms with Gasteiger partial charge in [-0.05, 0) is 13.0 Å². The van der Waals surface area contributed by atoms with Gasteiger partial charge in [0, 0.05) is 30.7 Å². The summed E-state index contributed by atoms with van der Waals surface area (Å²) in [6, 6.07) is 4.35. The third kappa shape index (κ3) is 3.41. The van der Waals surface area contributed by atoms with Crippen molar-refractivity contribution in [1.29, 1.82) is 0 Å². The first-order chi connectivity index (χ1) is 11.5. The van der Waals surface area contributed by atoms with Crippen LogP contribution in [0.3, 0.4) is 0 Å². The minimum absolute atomic E-state index is 0.0543. The standard InChI is InChI=1S/C13H12N8O2S/c1-7-15-13(24-20-7)19-16-8-5-9(12(23)10(22)6-8)17-18-11-3-4-14-21(11)2/h3-6,22-23H,1-2H3/b18-17+,19-16+. The average Bonchev–Trinajstić information content (AvgIpc) is 3.15. The van der Waals surface area contributed by atoms with Gasteiger partial charge in [0.2, 0.25) is 5.13 Å². The van der Waals surface area contributed by atoms with Crippen molar-refractivity contribution in [3.63, 3.8) is 0 Å². The number of aromatic nitrogens is 4. The Balaban J connectivity index is 1.89. The molecule has 24 heavy (non-hydrogen) atoms. The second-order valence-electron chi connectivity index (χ2n) is 4.67. The molecule has 3 rings (SSSR count). The van der Waals surface area contributed by atoms with Crippen molar-refractivity contribution in [3.05, 3.63) is 30.2 Å². The van der Waals surface area contributed by atoms with Gasteiger partial charge < -0.3 is 10.2 Å². The van der Waals surface area contributed by atoms with Crippen LogP contribution in [0.1, 0.15) is 5.82 Å². The highest BCUT2D eigenvalue weighted by atomic mass is 32.1. The monoisotopic (exact) mass is 344 g/mol. The molecule has 2 N–H and O–H groups in total. The molecule has 1 aromatic carbocycles. The zero-order chi connectivity index (χ0) is 17.1. The van der Waals surface area contributed by atoms with Crippen LogP contribution in [-0.4, -0.2) is 29.4 Å². The molecule has 2 aromatic heterocycles. The van der Waals surface area contributed by atoms with Gasteiger partial charge in [0.1, 0.15) is 11.5 Å². The molecule has 0 aliphatic carbocycles. The topological polar surface area (TPSA) is 134 Å². The van der Waals surface area contributed by atoms with Gasteiger partial charge in [0.05, 0.1) is 11.9 Å². The average molecular weight is 344 g/mol.